The van der Waals surface area contributed by atoms with Crippen LogP contribution in [-0.4, -0.2) is 120 Å². The first-order chi connectivity index (χ1) is 38.1. The lowest BCUT2D eigenvalue weighted by atomic mass is 9.92. The zero-order valence-corrected chi connectivity index (χ0v) is 45.3. The number of hydrogen-bond donors (Lipinski definition) is 4. The number of aliphatic hydroxyl groups excluding tert-OH is 4. The molecule has 0 heterocycles. The summed E-state index contributed by atoms with van der Waals surface area (Å²) in [5.41, 5.74) is 1.99. The van der Waals surface area contributed by atoms with Gasteiger partial charge in [-0.1, -0.05) is 114 Å². The number of alkyl halides is 18. The normalized spacial score (nSPS) is 14.8. The van der Waals surface area contributed by atoms with Crippen LogP contribution in [0.2, 0.25) is 0 Å². The summed E-state index contributed by atoms with van der Waals surface area (Å²) in [5.74, 6) is -40.5. The van der Waals surface area contributed by atoms with Crippen LogP contribution in [0.15, 0.2) is 60.7 Å². The van der Waals surface area contributed by atoms with Crippen molar-refractivity contribution in [1.82, 2.24) is 0 Å². The zero-order valence-electron chi connectivity index (χ0n) is 45.3. The van der Waals surface area contributed by atoms with E-state index in [9.17, 15) is 99.5 Å². The predicted molar refractivity (Wildman–Crippen MR) is 269 cm³/mol. The molecule has 0 bridgehead atoms. The highest BCUT2D eigenvalue weighted by Crippen LogP contribution is 2.56. The van der Waals surface area contributed by atoms with Gasteiger partial charge in [0.05, 0.1) is 26.4 Å². The molecule has 0 spiro atoms. The van der Waals surface area contributed by atoms with Crippen LogP contribution >= 0.6 is 0 Å². The average Bonchev–Trinajstić information content (AvgIpc) is 3.47. The van der Waals surface area contributed by atoms with Crippen LogP contribution in [0.4, 0.5) is 79.0 Å². The molecule has 4 unspecified atom stereocenters. The number of aliphatic hydroxyl groups is 4. The van der Waals surface area contributed by atoms with Crippen LogP contribution in [0, 0.1) is 11.8 Å². The summed E-state index contributed by atoms with van der Waals surface area (Å²) in [7, 11) is 0. The summed E-state index contributed by atoms with van der Waals surface area (Å²) < 4.78 is 269. The SMILES string of the molecule is CCCCCCCC(CCCC(F)(F)C(F)(F)C(F)(F)C(F)(F)F)COc1cc(-c2ccc(-c3ccc(OCC(O)CO)c(OCC(CCCCCCC)CCCC(F)(F)C(F)(F)C(F)(F)C(F)(F)F)c3)cc2)ccc1OCC(O)CO. The van der Waals surface area contributed by atoms with Crippen LogP contribution < -0.4 is 18.9 Å². The zero-order chi connectivity index (χ0) is 61.8. The van der Waals surface area contributed by atoms with Crippen LogP contribution in [0.5, 0.6) is 23.0 Å². The lowest BCUT2D eigenvalue weighted by molar-refractivity contribution is -0.396. The molecular formula is C56H72F18O8. The molecule has 0 saturated heterocycles. The van der Waals surface area contributed by atoms with Crippen LogP contribution in [0.1, 0.15) is 129 Å². The Hall–Kier alpha value is -4.56. The molecule has 3 aromatic rings. The quantitative estimate of drug-likeness (QED) is 0.0329. The van der Waals surface area contributed by atoms with Gasteiger partial charge in [-0.3, -0.25) is 0 Å². The second-order valence-electron chi connectivity index (χ2n) is 20.4. The maximum Gasteiger partial charge on any atom is 0.460 e. The van der Waals surface area contributed by atoms with Crippen molar-refractivity contribution in [3.8, 4) is 45.3 Å². The third-order valence-corrected chi connectivity index (χ3v) is 13.7. The molecule has 3 rings (SSSR count). The lowest BCUT2D eigenvalue weighted by Gasteiger charge is -2.33. The van der Waals surface area contributed by atoms with E-state index in [1.807, 2.05) is 13.8 Å². The monoisotopic (exact) mass is 1210 g/mol. The van der Waals surface area contributed by atoms with Crippen molar-refractivity contribution in [1.29, 1.82) is 0 Å². The summed E-state index contributed by atoms with van der Waals surface area (Å²) >= 11 is 0. The first-order valence-electron chi connectivity index (χ1n) is 27.0. The second kappa shape index (κ2) is 31.5. The summed E-state index contributed by atoms with van der Waals surface area (Å²) in [6.45, 7) is 1.01. The molecular weight excluding hydrogens is 1140 g/mol. The van der Waals surface area contributed by atoms with E-state index in [1.54, 1.807) is 36.4 Å². The summed E-state index contributed by atoms with van der Waals surface area (Å²) in [6, 6.07) is 15.6. The van der Waals surface area contributed by atoms with Gasteiger partial charge in [-0.05, 0) is 96.9 Å². The number of benzene rings is 3. The Morgan fingerprint density at radius 3 is 0.951 bits per heavy atom. The Bertz CT molecular complexity index is 2160. The highest BCUT2D eigenvalue weighted by atomic mass is 19.4. The molecule has 4 N–H and O–H groups in total. The van der Waals surface area contributed by atoms with Gasteiger partial charge in [-0.15, -0.1) is 0 Å². The summed E-state index contributed by atoms with van der Waals surface area (Å²) in [5, 5.41) is 38.8. The standard InChI is InChI=1S/C56H72F18O8/c1-3-5-7-9-11-15-37(17-13-27-49(57,58)51(61,62)53(65,66)55(69,70)71)33-79-47-29-41(23-25-45(47)81-35-43(77)31-75)39-19-21-40(22-20-39)42-24-26-46(82-36-44(78)32-76)48(30-42)80-34-38(16-12-10-8-6-4-2)18-14-28-50(59,60)52(63,64)54(67,68)56(72,73)74/h19-26,29-30,37-38,43-44,75-78H,3-18,27-28,31-36H2,1-2H3. The lowest BCUT2D eigenvalue weighted by Crippen LogP contribution is -2.60. The van der Waals surface area contributed by atoms with E-state index in [4.69, 9.17) is 18.9 Å². The molecule has 26 heteroatoms. The minimum absolute atomic E-state index is 0.00185. The fourth-order valence-electron chi connectivity index (χ4n) is 8.64. The molecule has 0 aliphatic rings. The number of rotatable bonds is 40. The molecule has 0 aliphatic heterocycles. The van der Waals surface area contributed by atoms with Crippen molar-refractivity contribution < 1.29 is 118 Å². The first kappa shape index (κ1) is 71.7. The van der Waals surface area contributed by atoms with Gasteiger partial charge in [0.25, 0.3) is 0 Å². The molecule has 82 heavy (non-hydrogen) atoms. The highest BCUT2D eigenvalue weighted by molar-refractivity contribution is 5.73. The molecule has 0 aromatic heterocycles. The molecule has 0 radical (unpaired) electrons. The smallest absolute Gasteiger partial charge is 0.460 e. The Labute approximate surface area is 464 Å². The minimum Gasteiger partial charge on any atom is -0.489 e. The summed E-state index contributed by atoms with van der Waals surface area (Å²) in [4.78, 5) is 0. The van der Waals surface area contributed by atoms with Crippen molar-refractivity contribution >= 4 is 0 Å². The fraction of sp³-hybridized carbons (Fsp3) is 0.679. The van der Waals surface area contributed by atoms with E-state index in [0.717, 1.165) is 38.5 Å². The van der Waals surface area contributed by atoms with E-state index >= 15 is 0 Å². The van der Waals surface area contributed by atoms with Gasteiger partial charge in [0.1, 0.15) is 25.4 Å². The van der Waals surface area contributed by atoms with Crippen LogP contribution in [0.3, 0.4) is 0 Å². The highest BCUT2D eigenvalue weighted by Gasteiger charge is 2.82. The van der Waals surface area contributed by atoms with Gasteiger partial charge in [0.15, 0.2) is 23.0 Å². The van der Waals surface area contributed by atoms with E-state index in [0.29, 0.717) is 47.9 Å². The van der Waals surface area contributed by atoms with Crippen LogP contribution in [-0.2, 0) is 0 Å². The van der Waals surface area contributed by atoms with Crippen molar-refractivity contribution in [3.05, 3.63) is 60.7 Å². The molecule has 8 nitrogen and oxygen atoms in total. The number of ether oxygens (including phenoxy) is 4. The van der Waals surface area contributed by atoms with Crippen molar-refractivity contribution in [2.24, 2.45) is 11.8 Å². The molecule has 0 fully saturated rings. The van der Waals surface area contributed by atoms with Gasteiger partial charge < -0.3 is 39.4 Å². The van der Waals surface area contributed by atoms with Crippen molar-refractivity contribution in [2.75, 3.05) is 39.6 Å². The Kier molecular flexibility index (Phi) is 27.6. The number of unbranched alkanes of at least 4 members (excludes halogenated alkanes) is 8. The molecule has 3 aromatic carbocycles. The Morgan fingerprint density at radius 2 is 0.646 bits per heavy atom. The van der Waals surface area contributed by atoms with Gasteiger partial charge >= 0.3 is 47.9 Å². The molecule has 0 aliphatic carbocycles. The first-order valence-corrected chi connectivity index (χ1v) is 27.0. The van der Waals surface area contributed by atoms with Gasteiger partial charge in [-0.25, -0.2) is 0 Å². The second-order valence-corrected chi connectivity index (χ2v) is 20.4. The number of hydrogen-bond acceptors (Lipinski definition) is 8. The molecule has 470 valence electrons. The Balaban J connectivity index is 1.95. The van der Waals surface area contributed by atoms with Gasteiger partial charge in [0.2, 0.25) is 0 Å². The molecule has 0 saturated carbocycles. The fourth-order valence-corrected chi connectivity index (χ4v) is 8.64. The van der Waals surface area contributed by atoms with E-state index in [-0.39, 0.29) is 61.9 Å². The predicted octanol–water partition coefficient (Wildman–Crippen LogP) is 16.5. The van der Waals surface area contributed by atoms with Crippen molar-refractivity contribution in [2.45, 2.75) is 190 Å². The Morgan fingerprint density at radius 1 is 0.354 bits per heavy atom. The maximum atomic E-state index is 14.5. The molecule has 4 atom stereocenters. The number of halogens is 18. The third-order valence-electron chi connectivity index (χ3n) is 13.7. The largest absolute Gasteiger partial charge is 0.489 e. The van der Waals surface area contributed by atoms with E-state index < -0.39 is 124 Å². The van der Waals surface area contributed by atoms with Crippen molar-refractivity contribution in [3.63, 3.8) is 0 Å². The van der Waals surface area contributed by atoms with E-state index in [1.165, 1.54) is 24.3 Å². The molecule has 0 amide bonds. The summed E-state index contributed by atoms with van der Waals surface area (Å²) in [6.07, 6.45) is -15.3. The van der Waals surface area contributed by atoms with Gasteiger partial charge in [-0.2, -0.15) is 79.0 Å². The average molecular weight is 1220 g/mol. The van der Waals surface area contributed by atoms with E-state index in [2.05, 4.69) is 0 Å². The third kappa shape index (κ3) is 19.8. The topological polar surface area (TPSA) is 118 Å². The van der Waals surface area contributed by atoms with Crippen LogP contribution in [0.25, 0.3) is 22.3 Å². The van der Waals surface area contributed by atoms with Gasteiger partial charge in [0, 0.05) is 12.8 Å². The maximum absolute atomic E-state index is 14.5. The minimum atomic E-state index is -7.02.